The Morgan fingerprint density at radius 2 is 2.10 bits per heavy atom. The zero-order valence-electron chi connectivity index (χ0n) is 11.7. The summed E-state index contributed by atoms with van der Waals surface area (Å²) in [6.07, 6.45) is 1.12. The van der Waals surface area contributed by atoms with Crippen LogP contribution in [0, 0.1) is 0 Å². The second-order valence-electron chi connectivity index (χ2n) is 5.08. The van der Waals surface area contributed by atoms with Crippen LogP contribution in [0.15, 0.2) is 40.8 Å². The van der Waals surface area contributed by atoms with Crippen molar-refractivity contribution in [1.82, 2.24) is 4.90 Å². The van der Waals surface area contributed by atoms with Crippen molar-refractivity contribution in [3.63, 3.8) is 0 Å². The summed E-state index contributed by atoms with van der Waals surface area (Å²) in [5.41, 5.74) is 1.25. The highest BCUT2D eigenvalue weighted by atomic mass is 35.5. The van der Waals surface area contributed by atoms with E-state index < -0.39 is 5.97 Å². The average molecular weight is 306 g/mol. The van der Waals surface area contributed by atoms with Gasteiger partial charge in [-0.05, 0) is 36.2 Å². The van der Waals surface area contributed by atoms with E-state index in [-0.39, 0.29) is 5.76 Å². The minimum atomic E-state index is -0.445. The summed E-state index contributed by atoms with van der Waals surface area (Å²) in [6.45, 7) is 1.70. The van der Waals surface area contributed by atoms with Crippen LogP contribution in [0.2, 0.25) is 5.02 Å². The van der Waals surface area contributed by atoms with E-state index in [0.717, 1.165) is 23.7 Å². The standard InChI is InChI=1S/C16H16ClNO3/c1-20-16(19)15-7-6-13(21-15)10-18-9-8-14(18)11-2-4-12(17)5-3-11/h2-7,14H,8-10H2,1H3/t14-/m0/s1. The smallest absolute Gasteiger partial charge is 0.373 e. The van der Waals surface area contributed by atoms with Gasteiger partial charge in [0.15, 0.2) is 0 Å². The minimum Gasteiger partial charge on any atom is -0.463 e. The lowest BCUT2D eigenvalue weighted by atomic mass is 9.95. The summed E-state index contributed by atoms with van der Waals surface area (Å²) in [5, 5.41) is 0.748. The summed E-state index contributed by atoms with van der Waals surface area (Å²) in [5.74, 6) is 0.573. The van der Waals surface area contributed by atoms with Crippen molar-refractivity contribution in [2.24, 2.45) is 0 Å². The van der Waals surface area contributed by atoms with E-state index in [1.807, 2.05) is 18.2 Å². The first-order valence-corrected chi connectivity index (χ1v) is 7.21. The van der Waals surface area contributed by atoms with Crippen molar-refractivity contribution < 1.29 is 13.9 Å². The lowest BCUT2D eigenvalue weighted by molar-refractivity contribution is 0.0543. The molecule has 0 N–H and O–H groups in total. The Morgan fingerprint density at radius 1 is 1.33 bits per heavy atom. The molecular formula is C16H16ClNO3. The molecular weight excluding hydrogens is 290 g/mol. The van der Waals surface area contributed by atoms with Gasteiger partial charge in [0.1, 0.15) is 5.76 Å². The van der Waals surface area contributed by atoms with Crippen molar-refractivity contribution in [3.05, 3.63) is 58.5 Å². The SMILES string of the molecule is COC(=O)c1ccc(CN2CC[C@H]2c2ccc(Cl)cc2)o1. The van der Waals surface area contributed by atoms with E-state index in [9.17, 15) is 4.79 Å². The number of hydrogen-bond donors (Lipinski definition) is 0. The first-order chi connectivity index (χ1) is 10.2. The van der Waals surface area contributed by atoms with Crippen LogP contribution in [-0.4, -0.2) is 24.5 Å². The number of halogens is 1. The third-order valence-electron chi connectivity index (χ3n) is 3.79. The number of likely N-dealkylation sites (tertiary alicyclic amines) is 1. The Balaban J connectivity index is 1.66. The number of nitrogens with zero attached hydrogens (tertiary/aromatic N) is 1. The Kier molecular flexibility index (Phi) is 3.99. The van der Waals surface area contributed by atoms with Gasteiger partial charge in [0, 0.05) is 17.6 Å². The maximum Gasteiger partial charge on any atom is 0.373 e. The van der Waals surface area contributed by atoms with Gasteiger partial charge in [-0.25, -0.2) is 4.79 Å². The predicted molar refractivity (Wildman–Crippen MR) is 79.3 cm³/mol. The molecule has 0 spiro atoms. The number of benzene rings is 1. The van der Waals surface area contributed by atoms with Gasteiger partial charge in [0.2, 0.25) is 5.76 Å². The van der Waals surface area contributed by atoms with Gasteiger partial charge in [-0.15, -0.1) is 0 Å². The number of ether oxygens (including phenoxy) is 1. The zero-order valence-corrected chi connectivity index (χ0v) is 12.5. The molecule has 2 heterocycles. The lowest BCUT2D eigenvalue weighted by Gasteiger charge is -2.40. The monoisotopic (exact) mass is 305 g/mol. The molecule has 2 aromatic rings. The van der Waals surface area contributed by atoms with Gasteiger partial charge in [-0.1, -0.05) is 23.7 Å². The molecule has 0 bridgehead atoms. The molecule has 1 fully saturated rings. The van der Waals surface area contributed by atoms with E-state index in [1.54, 1.807) is 6.07 Å². The van der Waals surface area contributed by atoms with Crippen molar-refractivity contribution in [1.29, 1.82) is 0 Å². The number of carbonyl (C=O) groups is 1. The third kappa shape index (κ3) is 2.96. The number of rotatable bonds is 4. The number of esters is 1. The highest BCUT2D eigenvalue weighted by molar-refractivity contribution is 6.30. The van der Waals surface area contributed by atoms with Gasteiger partial charge in [-0.2, -0.15) is 0 Å². The first kappa shape index (κ1) is 14.2. The van der Waals surface area contributed by atoms with Crippen LogP contribution in [0.5, 0.6) is 0 Å². The highest BCUT2D eigenvalue weighted by Crippen LogP contribution is 2.35. The van der Waals surface area contributed by atoms with E-state index in [1.165, 1.54) is 12.7 Å². The average Bonchev–Trinajstić information content (AvgIpc) is 2.94. The van der Waals surface area contributed by atoms with Crippen molar-refractivity contribution >= 4 is 17.6 Å². The van der Waals surface area contributed by atoms with Crippen LogP contribution in [0.25, 0.3) is 0 Å². The molecule has 1 saturated heterocycles. The molecule has 4 nitrogen and oxygen atoms in total. The largest absolute Gasteiger partial charge is 0.463 e. The molecule has 1 aromatic heterocycles. The fourth-order valence-corrected chi connectivity index (χ4v) is 2.69. The van der Waals surface area contributed by atoms with Gasteiger partial charge < -0.3 is 9.15 Å². The Morgan fingerprint density at radius 3 is 2.71 bits per heavy atom. The molecule has 1 aliphatic rings. The summed E-state index contributed by atoms with van der Waals surface area (Å²) < 4.78 is 10.1. The summed E-state index contributed by atoms with van der Waals surface area (Å²) in [4.78, 5) is 13.7. The van der Waals surface area contributed by atoms with Crippen LogP contribution in [0.3, 0.4) is 0 Å². The molecule has 110 valence electrons. The number of furan rings is 1. The lowest BCUT2D eigenvalue weighted by Crippen LogP contribution is -2.40. The maximum atomic E-state index is 11.4. The van der Waals surface area contributed by atoms with Gasteiger partial charge in [-0.3, -0.25) is 4.90 Å². The Hall–Kier alpha value is -1.78. The second kappa shape index (κ2) is 5.92. The Bertz CT molecular complexity index is 635. The number of methoxy groups -OCH3 is 1. The van der Waals surface area contributed by atoms with E-state index >= 15 is 0 Å². The molecule has 0 radical (unpaired) electrons. The zero-order chi connectivity index (χ0) is 14.8. The molecule has 1 atom stereocenters. The van der Waals surface area contributed by atoms with Crippen molar-refractivity contribution in [2.75, 3.05) is 13.7 Å². The molecule has 21 heavy (non-hydrogen) atoms. The van der Waals surface area contributed by atoms with Crippen molar-refractivity contribution in [3.8, 4) is 0 Å². The molecule has 0 unspecified atom stereocenters. The fraction of sp³-hybridized carbons (Fsp3) is 0.312. The van der Waals surface area contributed by atoms with E-state index in [2.05, 4.69) is 21.8 Å². The van der Waals surface area contributed by atoms with Gasteiger partial charge >= 0.3 is 5.97 Å². The van der Waals surface area contributed by atoms with Gasteiger partial charge in [0.05, 0.1) is 13.7 Å². The Labute approximate surface area is 128 Å². The van der Waals surface area contributed by atoms with Crippen LogP contribution < -0.4 is 0 Å². The minimum absolute atomic E-state index is 0.246. The number of hydrogen-bond acceptors (Lipinski definition) is 4. The summed E-state index contributed by atoms with van der Waals surface area (Å²) in [6, 6.07) is 11.8. The van der Waals surface area contributed by atoms with Crippen LogP contribution in [-0.2, 0) is 11.3 Å². The summed E-state index contributed by atoms with van der Waals surface area (Å²) in [7, 11) is 1.34. The first-order valence-electron chi connectivity index (χ1n) is 6.84. The van der Waals surface area contributed by atoms with Crippen LogP contribution >= 0.6 is 11.6 Å². The quantitative estimate of drug-likeness (QED) is 0.808. The fourth-order valence-electron chi connectivity index (χ4n) is 2.57. The number of carbonyl (C=O) groups excluding carboxylic acids is 1. The topological polar surface area (TPSA) is 42.7 Å². The normalized spacial score (nSPS) is 18.3. The molecule has 1 aliphatic heterocycles. The molecule has 5 heteroatoms. The van der Waals surface area contributed by atoms with Crippen molar-refractivity contribution in [2.45, 2.75) is 19.0 Å². The van der Waals surface area contributed by atoms with E-state index in [4.69, 9.17) is 16.0 Å². The third-order valence-corrected chi connectivity index (χ3v) is 4.04. The molecule has 0 aliphatic carbocycles. The summed E-state index contributed by atoms with van der Waals surface area (Å²) >= 11 is 5.92. The highest BCUT2D eigenvalue weighted by Gasteiger charge is 2.30. The van der Waals surface area contributed by atoms with Gasteiger partial charge in [0.25, 0.3) is 0 Å². The van der Waals surface area contributed by atoms with E-state index in [0.29, 0.717) is 12.6 Å². The molecule has 1 aromatic carbocycles. The van der Waals surface area contributed by atoms with Crippen LogP contribution in [0.4, 0.5) is 0 Å². The maximum absolute atomic E-state index is 11.4. The molecule has 0 saturated carbocycles. The second-order valence-corrected chi connectivity index (χ2v) is 5.52. The predicted octanol–water partition coefficient (Wildman–Crippen LogP) is 3.67. The van der Waals surface area contributed by atoms with Crippen LogP contribution in [0.1, 0.15) is 34.3 Å². The molecule has 3 rings (SSSR count). The molecule has 0 amide bonds.